The number of aliphatic hydroxyl groups is 1. The van der Waals surface area contributed by atoms with Crippen LogP contribution in [-0.4, -0.2) is 31.2 Å². The average molecular weight is 258 g/mol. The Morgan fingerprint density at radius 3 is 2.41 bits per heavy atom. The van der Waals surface area contributed by atoms with Crippen molar-refractivity contribution in [3.63, 3.8) is 0 Å². The first-order valence-corrected chi connectivity index (χ1v) is 7.06. The molecule has 0 fully saturated rings. The summed E-state index contributed by atoms with van der Waals surface area (Å²) in [5, 5.41) is 19.2. The summed E-state index contributed by atoms with van der Waals surface area (Å²) >= 11 is 1.55. The molecule has 0 saturated carbocycles. The highest BCUT2D eigenvalue weighted by atomic mass is 32.2. The van der Waals surface area contributed by atoms with Crippen molar-refractivity contribution < 1.29 is 5.11 Å². The monoisotopic (exact) mass is 258 g/mol. The second-order valence-corrected chi connectivity index (χ2v) is 5.01. The molecule has 98 valence electrons. The zero-order valence-corrected chi connectivity index (χ0v) is 11.6. The maximum Gasteiger partial charge on any atom is 0.191 e. The van der Waals surface area contributed by atoms with Gasteiger partial charge in [0.05, 0.1) is 12.1 Å². The lowest BCUT2D eigenvalue weighted by Crippen LogP contribution is -2.29. The van der Waals surface area contributed by atoms with E-state index >= 15 is 0 Å². The second-order valence-electron chi connectivity index (χ2n) is 4.07. The highest BCUT2D eigenvalue weighted by Crippen LogP contribution is 2.26. The zero-order chi connectivity index (χ0) is 12.9. The van der Waals surface area contributed by atoms with E-state index in [1.54, 1.807) is 11.8 Å². The van der Waals surface area contributed by atoms with Crippen molar-refractivity contribution in [2.75, 3.05) is 5.75 Å². The average Bonchev–Trinajstić information content (AvgIpc) is 2.77. The van der Waals surface area contributed by atoms with Crippen molar-refractivity contribution in [1.82, 2.24) is 14.8 Å². The number of rotatable bonds is 7. The predicted octanol–water partition coefficient (Wildman–Crippen LogP) is 1.40. The molecule has 0 spiro atoms. The number of aromatic nitrogens is 3. The molecule has 0 aromatic carbocycles. The molecule has 5 nitrogen and oxygen atoms in total. The maximum absolute atomic E-state index is 10.2. The Kier molecular flexibility index (Phi) is 5.42. The zero-order valence-electron chi connectivity index (χ0n) is 10.8. The largest absolute Gasteiger partial charge is 0.389 e. The molecule has 3 N–H and O–H groups in total. The molecule has 1 heterocycles. The first-order chi connectivity index (χ1) is 8.10. The molecule has 0 radical (unpaired) electrons. The number of nitrogens with two attached hydrogens (primary N) is 1. The molecule has 1 rings (SSSR count). The van der Waals surface area contributed by atoms with Crippen molar-refractivity contribution >= 4 is 11.8 Å². The molecule has 0 bridgehead atoms. The molecule has 0 amide bonds. The van der Waals surface area contributed by atoms with Gasteiger partial charge in [0.1, 0.15) is 5.82 Å². The topological polar surface area (TPSA) is 77.0 Å². The summed E-state index contributed by atoms with van der Waals surface area (Å²) in [6.07, 6.45) is 1.50. The van der Waals surface area contributed by atoms with E-state index in [1.165, 1.54) is 0 Å². The first-order valence-electron chi connectivity index (χ1n) is 6.07. The SMILES string of the molecule is CCn1c(CN)nnc1SCC(O)(CC)CC. The van der Waals surface area contributed by atoms with E-state index in [-0.39, 0.29) is 0 Å². The summed E-state index contributed by atoms with van der Waals surface area (Å²) in [4.78, 5) is 0. The summed E-state index contributed by atoms with van der Waals surface area (Å²) in [5.41, 5.74) is 4.98. The molecule has 17 heavy (non-hydrogen) atoms. The minimum absolute atomic E-state index is 0.396. The van der Waals surface area contributed by atoms with Crippen molar-refractivity contribution in [2.45, 2.75) is 57.5 Å². The summed E-state index contributed by atoms with van der Waals surface area (Å²) in [7, 11) is 0. The number of nitrogens with zero attached hydrogens (tertiary/aromatic N) is 3. The third kappa shape index (κ3) is 3.43. The van der Waals surface area contributed by atoms with Crippen LogP contribution in [0.4, 0.5) is 0 Å². The Bertz CT molecular complexity index is 349. The van der Waals surface area contributed by atoms with E-state index in [0.29, 0.717) is 12.3 Å². The Morgan fingerprint density at radius 1 is 1.29 bits per heavy atom. The van der Waals surface area contributed by atoms with Gasteiger partial charge in [0.25, 0.3) is 0 Å². The molecule has 0 aliphatic rings. The molecule has 6 heteroatoms. The van der Waals surface area contributed by atoms with Gasteiger partial charge >= 0.3 is 0 Å². The second kappa shape index (κ2) is 6.37. The highest BCUT2D eigenvalue weighted by molar-refractivity contribution is 7.99. The fraction of sp³-hybridized carbons (Fsp3) is 0.818. The van der Waals surface area contributed by atoms with Gasteiger partial charge in [-0.25, -0.2) is 0 Å². The van der Waals surface area contributed by atoms with Crippen LogP contribution in [0.15, 0.2) is 5.16 Å². The van der Waals surface area contributed by atoms with Crippen molar-refractivity contribution in [1.29, 1.82) is 0 Å². The van der Waals surface area contributed by atoms with E-state index < -0.39 is 5.60 Å². The van der Waals surface area contributed by atoms with Crippen LogP contribution in [0.5, 0.6) is 0 Å². The van der Waals surface area contributed by atoms with Gasteiger partial charge in [0.15, 0.2) is 5.16 Å². The van der Waals surface area contributed by atoms with Crippen LogP contribution in [0.1, 0.15) is 39.4 Å². The number of hydrogen-bond donors (Lipinski definition) is 2. The first kappa shape index (κ1) is 14.5. The van der Waals surface area contributed by atoms with Gasteiger partial charge < -0.3 is 15.4 Å². The molecule has 0 unspecified atom stereocenters. The van der Waals surface area contributed by atoms with Crippen LogP contribution in [0.2, 0.25) is 0 Å². The van der Waals surface area contributed by atoms with E-state index in [4.69, 9.17) is 5.73 Å². The molecular formula is C11H22N4OS. The van der Waals surface area contributed by atoms with Crippen LogP contribution in [-0.2, 0) is 13.1 Å². The van der Waals surface area contributed by atoms with E-state index in [0.717, 1.165) is 30.4 Å². The van der Waals surface area contributed by atoms with Gasteiger partial charge in [-0.3, -0.25) is 0 Å². The molecule has 0 aliphatic heterocycles. The van der Waals surface area contributed by atoms with Gasteiger partial charge in [-0.2, -0.15) is 0 Å². The lowest BCUT2D eigenvalue weighted by atomic mass is 10.0. The Morgan fingerprint density at radius 2 is 1.94 bits per heavy atom. The summed E-state index contributed by atoms with van der Waals surface area (Å²) in [5.74, 6) is 1.44. The van der Waals surface area contributed by atoms with Crippen molar-refractivity contribution in [3.05, 3.63) is 5.82 Å². The van der Waals surface area contributed by atoms with Crippen molar-refractivity contribution in [2.24, 2.45) is 5.73 Å². The molecule has 0 aliphatic carbocycles. The highest BCUT2D eigenvalue weighted by Gasteiger charge is 2.23. The quantitative estimate of drug-likeness (QED) is 0.723. The minimum atomic E-state index is -0.613. The Hall–Kier alpha value is -0.590. The van der Waals surface area contributed by atoms with E-state index in [9.17, 15) is 5.11 Å². The Balaban J connectivity index is 2.72. The van der Waals surface area contributed by atoms with Crippen LogP contribution in [0.25, 0.3) is 0 Å². The Labute approximate surface area is 107 Å². The third-order valence-electron chi connectivity index (χ3n) is 3.08. The number of thioether (sulfide) groups is 1. The normalized spacial score (nSPS) is 12.1. The molecular weight excluding hydrogens is 236 g/mol. The van der Waals surface area contributed by atoms with Crippen molar-refractivity contribution in [3.8, 4) is 0 Å². The standard InChI is InChI=1S/C11H22N4OS/c1-4-11(16,5-2)8-17-10-14-13-9(7-12)15(10)6-3/h16H,4-8,12H2,1-3H3. The maximum atomic E-state index is 10.2. The molecule has 0 atom stereocenters. The van der Waals surface area contributed by atoms with E-state index in [1.807, 2.05) is 25.3 Å². The molecule has 1 aromatic heterocycles. The minimum Gasteiger partial charge on any atom is -0.389 e. The smallest absolute Gasteiger partial charge is 0.191 e. The molecule has 0 saturated heterocycles. The summed E-state index contributed by atoms with van der Waals surface area (Å²) in [6.45, 7) is 7.24. The van der Waals surface area contributed by atoms with Gasteiger partial charge in [-0.15, -0.1) is 10.2 Å². The fourth-order valence-electron chi connectivity index (χ4n) is 1.55. The fourth-order valence-corrected chi connectivity index (χ4v) is 2.84. The van der Waals surface area contributed by atoms with Crippen LogP contribution in [0, 0.1) is 0 Å². The predicted molar refractivity (Wildman–Crippen MR) is 69.8 cm³/mol. The summed E-state index contributed by atoms with van der Waals surface area (Å²) in [6, 6.07) is 0. The molecule has 1 aromatic rings. The number of hydrogen-bond acceptors (Lipinski definition) is 5. The third-order valence-corrected chi connectivity index (χ3v) is 4.32. The van der Waals surface area contributed by atoms with Gasteiger partial charge in [0, 0.05) is 12.3 Å². The lowest BCUT2D eigenvalue weighted by Gasteiger charge is -2.24. The van der Waals surface area contributed by atoms with Crippen LogP contribution in [0.3, 0.4) is 0 Å². The van der Waals surface area contributed by atoms with Crippen LogP contribution < -0.4 is 5.73 Å². The lowest BCUT2D eigenvalue weighted by molar-refractivity contribution is 0.0571. The van der Waals surface area contributed by atoms with Gasteiger partial charge in [0.2, 0.25) is 0 Å². The van der Waals surface area contributed by atoms with Gasteiger partial charge in [-0.05, 0) is 19.8 Å². The van der Waals surface area contributed by atoms with E-state index in [2.05, 4.69) is 10.2 Å². The van der Waals surface area contributed by atoms with Gasteiger partial charge in [-0.1, -0.05) is 25.6 Å². The van der Waals surface area contributed by atoms with Crippen LogP contribution >= 0.6 is 11.8 Å². The summed E-state index contributed by atoms with van der Waals surface area (Å²) < 4.78 is 2.00.